The molecule has 1 N–H and O–H groups in total. The molecule has 7 nitrogen and oxygen atoms in total. The summed E-state index contributed by atoms with van der Waals surface area (Å²) in [7, 11) is -3.93. The number of hydrogen-bond donors (Lipinski definition) is 1. The molecule has 0 unspecified atom stereocenters. The van der Waals surface area contributed by atoms with Crippen molar-refractivity contribution < 1.29 is 17.6 Å². The summed E-state index contributed by atoms with van der Waals surface area (Å²) in [6.45, 7) is 3.39. The molecule has 0 atom stereocenters. The molecule has 0 spiro atoms. The predicted octanol–water partition coefficient (Wildman–Crippen LogP) is 4.44. The number of sulfonamides is 1. The fourth-order valence-corrected chi connectivity index (χ4v) is 3.49. The van der Waals surface area contributed by atoms with Crippen LogP contribution in [-0.2, 0) is 10.0 Å². The number of allylic oxidation sites excluding steroid dienone is 1. The Morgan fingerprint density at radius 3 is 2.33 bits per heavy atom. The Labute approximate surface area is 173 Å². The molecule has 0 fully saturated rings. The van der Waals surface area contributed by atoms with Gasteiger partial charge in [-0.1, -0.05) is 0 Å². The highest BCUT2D eigenvalue weighted by atomic mass is 32.2. The Morgan fingerprint density at radius 2 is 1.70 bits per heavy atom. The Morgan fingerprint density at radius 1 is 1.03 bits per heavy atom. The number of halogens is 1. The van der Waals surface area contributed by atoms with Crippen LogP contribution in [0.2, 0.25) is 0 Å². The number of anilines is 1. The smallest absolute Gasteiger partial charge is 0.202 e. The molecular formula is C21H18FN4O3S-. The molecule has 9 heteroatoms. The van der Waals surface area contributed by atoms with Gasteiger partial charge in [-0.15, -0.1) is 0 Å². The van der Waals surface area contributed by atoms with E-state index in [0.717, 1.165) is 0 Å². The highest BCUT2D eigenvalue weighted by molar-refractivity contribution is 7.94. The normalized spacial score (nSPS) is 11.4. The molecule has 0 radical (unpaired) electrons. The van der Waals surface area contributed by atoms with E-state index < -0.39 is 15.8 Å². The van der Waals surface area contributed by atoms with E-state index >= 15 is 0 Å². The molecule has 0 amide bonds. The molecule has 154 valence electrons. The second-order valence-corrected chi connectivity index (χ2v) is 7.96. The minimum atomic E-state index is -3.93. The number of hydrogen-bond acceptors (Lipinski definition) is 6. The van der Waals surface area contributed by atoms with Gasteiger partial charge in [-0.25, -0.2) is 12.8 Å². The van der Waals surface area contributed by atoms with E-state index in [4.69, 9.17) is 0 Å². The lowest BCUT2D eigenvalue weighted by Gasteiger charge is -2.17. The van der Waals surface area contributed by atoms with Gasteiger partial charge >= 0.3 is 0 Å². The average Bonchev–Trinajstić information content (AvgIpc) is 2.67. The Bertz CT molecular complexity index is 1170. The maximum atomic E-state index is 12.9. The zero-order chi connectivity index (χ0) is 21.7. The molecule has 2 aromatic carbocycles. The zero-order valence-corrected chi connectivity index (χ0v) is 17.0. The van der Waals surface area contributed by atoms with Crippen molar-refractivity contribution in [3.8, 4) is 0 Å². The fraction of sp³-hybridized carbons (Fsp3) is 0.0952. The SMILES string of the molecule is Cc1cc([N-]S(=O)(=O)c2ccc(N/C=C/C(=O)c3ccc(F)cc3)cc2)nc(C)n1. The van der Waals surface area contributed by atoms with Gasteiger partial charge < -0.3 is 15.0 Å². The molecule has 0 bridgehead atoms. The van der Waals surface area contributed by atoms with E-state index in [0.29, 0.717) is 22.8 Å². The van der Waals surface area contributed by atoms with Crippen LogP contribution in [0.3, 0.4) is 0 Å². The first-order valence-corrected chi connectivity index (χ1v) is 10.3. The van der Waals surface area contributed by atoms with Crippen LogP contribution in [0.15, 0.2) is 71.8 Å². The second kappa shape index (κ2) is 8.83. The maximum Gasteiger partial charge on any atom is 0.202 e. The molecule has 1 heterocycles. The van der Waals surface area contributed by atoms with Gasteiger partial charge in [-0.3, -0.25) is 9.78 Å². The number of rotatable bonds is 7. The van der Waals surface area contributed by atoms with Crippen LogP contribution < -0.4 is 5.32 Å². The van der Waals surface area contributed by atoms with E-state index in [2.05, 4.69) is 20.0 Å². The summed E-state index contributed by atoms with van der Waals surface area (Å²) in [6, 6.07) is 12.6. The van der Waals surface area contributed by atoms with Crippen molar-refractivity contribution in [1.82, 2.24) is 9.97 Å². The predicted molar refractivity (Wildman–Crippen MR) is 112 cm³/mol. The van der Waals surface area contributed by atoms with Crippen LogP contribution in [0, 0.1) is 19.7 Å². The first kappa shape index (κ1) is 21.1. The zero-order valence-electron chi connectivity index (χ0n) is 16.2. The van der Waals surface area contributed by atoms with Gasteiger partial charge in [0.25, 0.3) is 0 Å². The van der Waals surface area contributed by atoms with E-state index in [1.54, 1.807) is 26.0 Å². The Kier molecular flexibility index (Phi) is 6.22. The number of benzene rings is 2. The van der Waals surface area contributed by atoms with Crippen molar-refractivity contribution in [2.24, 2.45) is 0 Å². The maximum absolute atomic E-state index is 12.9. The molecule has 0 aliphatic rings. The summed E-state index contributed by atoms with van der Waals surface area (Å²) >= 11 is 0. The Balaban J connectivity index is 1.65. The first-order valence-electron chi connectivity index (χ1n) is 8.86. The van der Waals surface area contributed by atoms with Crippen molar-refractivity contribution in [3.63, 3.8) is 0 Å². The Hall–Kier alpha value is -3.59. The van der Waals surface area contributed by atoms with Gasteiger partial charge in [0, 0.05) is 35.0 Å². The van der Waals surface area contributed by atoms with E-state index in [1.807, 2.05) is 0 Å². The standard InChI is InChI=1S/C21H19FN4O3S/c1-14-13-21(25-15(2)24-14)26-30(28,29)19-9-7-18(8-10-19)23-12-11-20(27)16-3-5-17(22)6-4-16/h3-13H,1-2H3,(H2,23,24,25,26,27)/p-1. The fourth-order valence-electron chi connectivity index (χ4n) is 2.57. The lowest BCUT2D eigenvalue weighted by molar-refractivity contribution is 0.104. The second-order valence-electron chi connectivity index (χ2n) is 6.35. The van der Waals surface area contributed by atoms with E-state index in [1.165, 1.54) is 54.7 Å². The van der Waals surface area contributed by atoms with Gasteiger partial charge in [0.15, 0.2) is 5.78 Å². The summed E-state index contributed by atoms with van der Waals surface area (Å²) in [5.41, 5.74) is 1.55. The number of nitrogens with one attached hydrogen (secondary N) is 1. The lowest BCUT2D eigenvalue weighted by Crippen LogP contribution is -2.00. The summed E-state index contributed by atoms with van der Waals surface area (Å²) in [5.74, 6) is -0.203. The van der Waals surface area contributed by atoms with Crippen LogP contribution in [0.1, 0.15) is 21.9 Å². The van der Waals surface area contributed by atoms with E-state index in [-0.39, 0.29) is 16.5 Å². The van der Waals surface area contributed by atoms with Crippen molar-refractivity contribution in [3.05, 3.63) is 94.5 Å². The minimum Gasteiger partial charge on any atom is -0.423 e. The molecule has 0 saturated carbocycles. The summed E-state index contributed by atoms with van der Waals surface area (Å²) in [4.78, 5) is 20.1. The van der Waals surface area contributed by atoms with Crippen LogP contribution in [0.4, 0.5) is 15.9 Å². The topological polar surface area (TPSA) is 103 Å². The third-order valence-electron chi connectivity index (χ3n) is 3.93. The minimum absolute atomic E-state index is 0.00772. The van der Waals surface area contributed by atoms with Crippen molar-refractivity contribution in [2.75, 3.05) is 5.32 Å². The summed E-state index contributed by atoms with van der Waals surface area (Å²) < 4.78 is 41.6. The number of aromatic nitrogens is 2. The first-order chi connectivity index (χ1) is 14.2. The monoisotopic (exact) mass is 425 g/mol. The highest BCUT2D eigenvalue weighted by Gasteiger charge is 2.10. The number of carbonyl (C=O) groups is 1. The van der Waals surface area contributed by atoms with Crippen molar-refractivity contribution >= 4 is 27.3 Å². The summed E-state index contributed by atoms with van der Waals surface area (Å²) in [5, 5.41) is 2.88. The molecule has 3 rings (SSSR count). The van der Waals surface area contributed by atoms with E-state index in [9.17, 15) is 17.6 Å². The van der Waals surface area contributed by atoms with Crippen molar-refractivity contribution in [2.45, 2.75) is 18.7 Å². The molecule has 30 heavy (non-hydrogen) atoms. The third-order valence-corrected chi connectivity index (χ3v) is 5.23. The van der Waals surface area contributed by atoms with Crippen LogP contribution in [0.25, 0.3) is 4.72 Å². The summed E-state index contributed by atoms with van der Waals surface area (Å²) in [6.07, 6.45) is 2.72. The molecule has 0 aliphatic heterocycles. The number of aryl methyl sites for hydroxylation is 2. The molecular weight excluding hydrogens is 407 g/mol. The number of carbonyl (C=O) groups excluding carboxylic acids is 1. The average molecular weight is 425 g/mol. The van der Waals surface area contributed by atoms with Crippen LogP contribution >= 0.6 is 0 Å². The van der Waals surface area contributed by atoms with Crippen LogP contribution in [0.5, 0.6) is 0 Å². The molecule has 3 aromatic rings. The van der Waals surface area contributed by atoms with Crippen molar-refractivity contribution in [1.29, 1.82) is 0 Å². The molecule has 0 aliphatic carbocycles. The number of ketones is 1. The van der Waals surface area contributed by atoms with Gasteiger partial charge in [0.2, 0.25) is 10.0 Å². The van der Waals surface area contributed by atoms with Gasteiger partial charge in [-0.2, -0.15) is 0 Å². The largest absolute Gasteiger partial charge is 0.423 e. The quantitative estimate of drug-likeness (QED) is 0.444. The van der Waals surface area contributed by atoms with Crippen LogP contribution in [-0.4, -0.2) is 24.2 Å². The highest BCUT2D eigenvalue weighted by Crippen LogP contribution is 2.27. The van der Waals surface area contributed by atoms with Gasteiger partial charge in [-0.05, 0) is 74.3 Å². The third kappa shape index (κ3) is 5.48. The van der Waals surface area contributed by atoms with Gasteiger partial charge in [0.1, 0.15) is 5.82 Å². The molecule has 1 aromatic heterocycles. The van der Waals surface area contributed by atoms with Gasteiger partial charge in [0.05, 0.1) is 4.90 Å². The lowest BCUT2D eigenvalue weighted by atomic mass is 10.1. The molecule has 0 saturated heterocycles. The number of nitrogens with zero attached hydrogens (tertiary/aromatic N) is 3.